The highest BCUT2D eigenvalue weighted by atomic mass is 28.4. The second kappa shape index (κ2) is 9.33. The van der Waals surface area contributed by atoms with Crippen LogP contribution in [0.3, 0.4) is 0 Å². The SMILES string of the molecule is C#CCN1[C@@H](CO[Si](c2ccccc2)(c2ccccc2)C(C)(C)C)[C@@H]1C1CCCCC1. The number of hydrogen-bond donors (Lipinski definition) is 0. The summed E-state index contributed by atoms with van der Waals surface area (Å²) in [6.07, 6.45) is 12.6. The Balaban J connectivity index is 1.65. The Hall–Kier alpha value is -1.86. The summed E-state index contributed by atoms with van der Waals surface area (Å²) < 4.78 is 7.22. The third kappa shape index (κ3) is 4.39. The van der Waals surface area contributed by atoms with Crippen molar-refractivity contribution in [2.24, 2.45) is 5.92 Å². The zero-order chi connectivity index (χ0) is 21.9. The highest BCUT2D eigenvalue weighted by molar-refractivity contribution is 6.99. The maximum absolute atomic E-state index is 7.22. The van der Waals surface area contributed by atoms with Crippen molar-refractivity contribution in [3.63, 3.8) is 0 Å². The fourth-order valence-corrected chi connectivity index (χ4v) is 10.5. The molecule has 2 aliphatic rings. The molecule has 0 radical (unpaired) electrons. The van der Waals surface area contributed by atoms with Gasteiger partial charge in [-0.2, -0.15) is 0 Å². The quantitative estimate of drug-likeness (QED) is 0.354. The Morgan fingerprint density at radius 3 is 1.97 bits per heavy atom. The summed E-state index contributed by atoms with van der Waals surface area (Å²) in [4.78, 5) is 2.52. The zero-order valence-corrected chi connectivity index (χ0v) is 20.4. The first-order valence-electron chi connectivity index (χ1n) is 11.9. The summed E-state index contributed by atoms with van der Waals surface area (Å²) in [5, 5.41) is 2.72. The van der Waals surface area contributed by atoms with Gasteiger partial charge in [0.15, 0.2) is 0 Å². The molecule has 3 heteroatoms. The van der Waals surface area contributed by atoms with E-state index in [0.717, 1.165) is 19.1 Å². The highest BCUT2D eigenvalue weighted by Gasteiger charge is 2.55. The van der Waals surface area contributed by atoms with Crippen molar-refractivity contribution < 1.29 is 4.43 Å². The molecule has 2 aromatic carbocycles. The fourth-order valence-electron chi connectivity index (χ4n) is 5.91. The van der Waals surface area contributed by atoms with Crippen molar-refractivity contribution in [1.29, 1.82) is 0 Å². The minimum atomic E-state index is -2.48. The fraction of sp³-hybridized carbons (Fsp3) is 0.500. The molecule has 2 aromatic rings. The predicted octanol–water partition coefficient (Wildman–Crippen LogP) is 4.83. The first kappa shape index (κ1) is 22.3. The first-order chi connectivity index (χ1) is 15.0. The Morgan fingerprint density at radius 1 is 0.935 bits per heavy atom. The van der Waals surface area contributed by atoms with Crippen molar-refractivity contribution in [1.82, 2.24) is 4.90 Å². The molecule has 0 bridgehead atoms. The van der Waals surface area contributed by atoms with E-state index < -0.39 is 8.32 Å². The van der Waals surface area contributed by atoms with Gasteiger partial charge in [-0.05, 0) is 34.2 Å². The summed E-state index contributed by atoms with van der Waals surface area (Å²) in [5.41, 5.74) is 0. The molecule has 0 aromatic heterocycles. The zero-order valence-electron chi connectivity index (χ0n) is 19.4. The molecule has 1 unspecified atom stereocenters. The Labute approximate surface area is 190 Å². The van der Waals surface area contributed by atoms with Crippen LogP contribution in [-0.4, -0.2) is 38.5 Å². The van der Waals surface area contributed by atoms with Gasteiger partial charge in [0.1, 0.15) is 0 Å². The molecule has 4 rings (SSSR count). The summed E-state index contributed by atoms with van der Waals surface area (Å²) in [5.74, 6) is 3.69. The van der Waals surface area contributed by atoms with Crippen LogP contribution < -0.4 is 10.4 Å². The molecule has 1 saturated heterocycles. The smallest absolute Gasteiger partial charge is 0.261 e. The van der Waals surface area contributed by atoms with E-state index in [-0.39, 0.29) is 5.04 Å². The van der Waals surface area contributed by atoms with Gasteiger partial charge >= 0.3 is 0 Å². The lowest BCUT2D eigenvalue weighted by molar-refractivity contribution is 0.280. The van der Waals surface area contributed by atoms with Gasteiger partial charge in [-0.3, -0.25) is 4.90 Å². The molecular weight excluding hydrogens is 394 g/mol. The van der Waals surface area contributed by atoms with Gasteiger partial charge < -0.3 is 4.43 Å². The predicted molar refractivity (Wildman–Crippen MR) is 133 cm³/mol. The Morgan fingerprint density at radius 2 is 1.48 bits per heavy atom. The summed E-state index contributed by atoms with van der Waals surface area (Å²) in [7, 11) is -2.48. The summed E-state index contributed by atoms with van der Waals surface area (Å²) >= 11 is 0. The van der Waals surface area contributed by atoms with Crippen LogP contribution in [0.4, 0.5) is 0 Å². The van der Waals surface area contributed by atoms with Crippen LogP contribution >= 0.6 is 0 Å². The molecule has 31 heavy (non-hydrogen) atoms. The highest BCUT2D eigenvalue weighted by Crippen LogP contribution is 2.43. The van der Waals surface area contributed by atoms with Crippen LogP contribution in [0.1, 0.15) is 52.9 Å². The van der Waals surface area contributed by atoms with Crippen LogP contribution in [-0.2, 0) is 4.43 Å². The minimum Gasteiger partial charge on any atom is -0.406 e. The molecule has 3 atom stereocenters. The number of nitrogens with zero attached hydrogens (tertiary/aromatic N) is 1. The van der Waals surface area contributed by atoms with Crippen molar-refractivity contribution in [3.05, 3.63) is 60.7 Å². The third-order valence-electron chi connectivity index (χ3n) is 7.41. The van der Waals surface area contributed by atoms with Crippen LogP contribution in [0.5, 0.6) is 0 Å². The largest absolute Gasteiger partial charge is 0.406 e. The van der Waals surface area contributed by atoms with Gasteiger partial charge in [-0.1, -0.05) is 107 Å². The van der Waals surface area contributed by atoms with E-state index in [1.165, 1.54) is 42.5 Å². The van der Waals surface area contributed by atoms with Crippen LogP contribution in [0, 0.1) is 18.3 Å². The first-order valence-corrected chi connectivity index (χ1v) is 13.8. The van der Waals surface area contributed by atoms with E-state index in [1.807, 2.05) is 0 Å². The average Bonchev–Trinajstić information content (AvgIpc) is 3.48. The minimum absolute atomic E-state index is 0.0158. The maximum Gasteiger partial charge on any atom is 0.261 e. The van der Waals surface area contributed by atoms with Crippen molar-refractivity contribution >= 4 is 18.7 Å². The lowest BCUT2D eigenvalue weighted by Crippen LogP contribution is -2.67. The molecule has 2 fully saturated rings. The van der Waals surface area contributed by atoms with Gasteiger partial charge in [0.2, 0.25) is 0 Å². The standard InChI is InChI=1S/C28H37NOSi/c1-5-21-29-26(27(29)23-15-9-6-10-16-23)22-30-31(28(2,3)4,24-17-11-7-12-18-24)25-19-13-8-14-20-25/h1,7-8,11-14,17-20,23,26-27H,6,9-10,15-16,21-22H2,2-4H3/t26-,27-,29?/m0/s1. The Bertz CT molecular complexity index is 837. The van der Waals surface area contributed by atoms with Gasteiger partial charge in [0.05, 0.1) is 13.2 Å². The monoisotopic (exact) mass is 431 g/mol. The summed E-state index contributed by atoms with van der Waals surface area (Å²) in [6.45, 7) is 8.57. The molecule has 1 aliphatic carbocycles. The Kier molecular flexibility index (Phi) is 6.72. The van der Waals surface area contributed by atoms with E-state index in [2.05, 4.69) is 92.3 Å². The van der Waals surface area contributed by atoms with E-state index in [9.17, 15) is 0 Å². The molecule has 0 amide bonds. The molecule has 0 N–H and O–H groups in total. The molecule has 1 aliphatic heterocycles. The van der Waals surface area contributed by atoms with Crippen molar-refractivity contribution in [2.45, 2.75) is 70.0 Å². The van der Waals surface area contributed by atoms with Crippen molar-refractivity contribution in [2.75, 3.05) is 13.2 Å². The lowest BCUT2D eigenvalue weighted by atomic mass is 9.86. The van der Waals surface area contributed by atoms with E-state index in [0.29, 0.717) is 12.1 Å². The number of rotatable bonds is 7. The average molecular weight is 432 g/mol. The summed E-state index contributed by atoms with van der Waals surface area (Å²) in [6, 6.07) is 23.0. The third-order valence-corrected chi connectivity index (χ3v) is 12.4. The second-order valence-corrected chi connectivity index (χ2v) is 14.6. The lowest BCUT2D eigenvalue weighted by Gasteiger charge is -2.43. The maximum atomic E-state index is 7.22. The molecule has 2 nitrogen and oxygen atoms in total. The number of terminal acetylenes is 1. The van der Waals surface area contributed by atoms with E-state index >= 15 is 0 Å². The molecule has 1 saturated carbocycles. The van der Waals surface area contributed by atoms with Gasteiger partial charge in [-0.25, -0.2) is 0 Å². The number of hydrogen-bond acceptors (Lipinski definition) is 2. The second-order valence-electron chi connectivity index (χ2n) is 10.3. The number of benzene rings is 2. The normalized spacial score (nSPS) is 24.5. The molecular formula is C28H37NOSi. The van der Waals surface area contributed by atoms with Gasteiger partial charge in [-0.15, -0.1) is 6.42 Å². The van der Waals surface area contributed by atoms with Gasteiger partial charge in [0, 0.05) is 12.1 Å². The van der Waals surface area contributed by atoms with Gasteiger partial charge in [0.25, 0.3) is 8.32 Å². The van der Waals surface area contributed by atoms with Crippen LogP contribution in [0.2, 0.25) is 5.04 Å². The van der Waals surface area contributed by atoms with Crippen molar-refractivity contribution in [3.8, 4) is 12.3 Å². The molecule has 1 heterocycles. The van der Waals surface area contributed by atoms with E-state index in [4.69, 9.17) is 10.8 Å². The van der Waals surface area contributed by atoms with E-state index in [1.54, 1.807) is 0 Å². The van der Waals surface area contributed by atoms with Crippen LogP contribution in [0.15, 0.2) is 60.7 Å². The van der Waals surface area contributed by atoms with Crippen LogP contribution in [0.25, 0.3) is 0 Å². The topological polar surface area (TPSA) is 12.2 Å². The molecule has 0 spiro atoms. The molecule has 164 valence electrons.